The van der Waals surface area contributed by atoms with Crippen molar-refractivity contribution in [1.29, 1.82) is 0 Å². The molecule has 0 aliphatic carbocycles. The average Bonchev–Trinajstić information content (AvgIpc) is 2.17. The summed E-state index contributed by atoms with van der Waals surface area (Å²) in [5.74, 6) is -4.31. The van der Waals surface area contributed by atoms with Crippen LogP contribution in [0.2, 0.25) is 0 Å². The highest BCUT2D eigenvalue weighted by atomic mass is 19.3. The van der Waals surface area contributed by atoms with Crippen LogP contribution in [0.15, 0.2) is 24.3 Å². The summed E-state index contributed by atoms with van der Waals surface area (Å²) >= 11 is 0. The number of hydrogen-bond donors (Lipinski definition) is 2. The number of aliphatic hydroxyl groups is 1. The van der Waals surface area contributed by atoms with E-state index >= 15 is 0 Å². The van der Waals surface area contributed by atoms with Crippen LogP contribution in [0, 0.1) is 5.82 Å². The van der Waals surface area contributed by atoms with Gasteiger partial charge in [0, 0.05) is 5.56 Å². The van der Waals surface area contributed by atoms with Crippen molar-refractivity contribution >= 4 is 0 Å². The maximum atomic E-state index is 13.0. The Balaban J connectivity index is 3.00. The fraction of sp³-hybridized carbons (Fsp3) is 0.333. The molecule has 2 nitrogen and oxygen atoms in total. The van der Waals surface area contributed by atoms with E-state index < -0.39 is 24.4 Å². The van der Waals surface area contributed by atoms with Gasteiger partial charge in [-0.2, -0.15) is 0 Å². The fourth-order valence-corrected chi connectivity index (χ4v) is 1.05. The van der Waals surface area contributed by atoms with Crippen molar-refractivity contribution in [3.8, 4) is 0 Å². The minimum absolute atomic E-state index is 0.299. The van der Waals surface area contributed by atoms with Gasteiger partial charge < -0.3 is 10.8 Å². The van der Waals surface area contributed by atoms with Crippen LogP contribution in [-0.2, 0) is 0 Å². The molecule has 0 heterocycles. The van der Waals surface area contributed by atoms with E-state index in [1.165, 1.54) is 18.2 Å². The third kappa shape index (κ3) is 2.05. The number of halogens is 3. The molecule has 1 aromatic rings. The zero-order valence-corrected chi connectivity index (χ0v) is 7.25. The molecule has 5 heteroatoms. The molecule has 0 aliphatic heterocycles. The number of benzene rings is 1. The summed E-state index contributed by atoms with van der Waals surface area (Å²) in [5, 5.41) is 8.36. The van der Waals surface area contributed by atoms with Crippen LogP contribution in [-0.4, -0.2) is 17.6 Å². The second kappa shape index (κ2) is 3.98. The van der Waals surface area contributed by atoms with E-state index in [9.17, 15) is 13.2 Å². The maximum absolute atomic E-state index is 13.0. The van der Waals surface area contributed by atoms with Crippen molar-refractivity contribution in [2.45, 2.75) is 12.0 Å². The molecule has 0 fully saturated rings. The molecule has 0 saturated carbocycles. The Morgan fingerprint density at radius 2 is 1.93 bits per heavy atom. The number of alkyl halides is 2. The van der Waals surface area contributed by atoms with Gasteiger partial charge in [0.05, 0.1) is 6.04 Å². The molecule has 78 valence electrons. The lowest BCUT2D eigenvalue weighted by molar-refractivity contribution is -0.0718. The zero-order valence-electron chi connectivity index (χ0n) is 7.25. The van der Waals surface area contributed by atoms with E-state index in [2.05, 4.69) is 0 Å². The van der Waals surface area contributed by atoms with Crippen LogP contribution >= 0.6 is 0 Å². The number of rotatable bonds is 3. The molecule has 14 heavy (non-hydrogen) atoms. The topological polar surface area (TPSA) is 46.2 Å². The molecule has 0 aliphatic rings. The van der Waals surface area contributed by atoms with E-state index in [0.717, 1.165) is 6.07 Å². The van der Waals surface area contributed by atoms with Crippen LogP contribution in [0.5, 0.6) is 0 Å². The van der Waals surface area contributed by atoms with Crippen molar-refractivity contribution < 1.29 is 18.3 Å². The van der Waals surface area contributed by atoms with Gasteiger partial charge in [-0.15, -0.1) is 0 Å². The summed E-state index contributed by atoms with van der Waals surface area (Å²) in [4.78, 5) is 0. The van der Waals surface area contributed by atoms with E-state index in [1.54, 1.807) is 0 Å². The molecule has 0 saturated heterocycles. The molecule has 1 unspecified atom stereocenters. The number of hydrogen-bond acceptors (Lipinski definition) is 2. The molecular formula is C9H10F3NO. The first kappa shape index (κ1) is 11.0. The number of nitrogens with two attached hydrogens (primary N) is 1. The van der Waals surface area contributed by atoms with E-state index in [0.29, 0.717) is 0 Å². The summed E-state index contributed by atoms with van der Waals surface area (Å²) in [7, 11) is 0. The van der Waals surface area contributed by atoms with Gasteiger partial charge in [0.2, 0.25) is 0 Å². The number of aliphatic hydroxyl groups excluding tert-OH is 1. The minimum atomic E-state index is -3.51. The maximum Gasteiger partial charge on any atom is 0.289 e. The third-order valence-corrected chi connectivity index (χ3v) is 1.91. The SMILES string of the molecule is NC(c1ccccc1F)C(F)(F)CO. The summed E-state index contributed by atoms with van der Waals surface area (Å²) in [6.07, 6.45) is 0. The Morgan fingerprint density at radius 1 is 1.36 bits per heavy atom. The predicted octanol–water partition coefficient (Wildman–Crippen LogP) is 1.45. The Kier molecular flexibility index (Phi) is 3.13. The van der Waals surface area contributed by atoms with Gasteiger partial charge in [-0.25, -0.2) is 13.2 Å². The van der Waals surface area contributed by atoms with Crippen LogP contribution in [0.1, 0.15) is 11.6 Å². The van der Waals surface area contributed by atoms with Gasteiger partial charge in [0.15, 0.2) is 0 Å². The third-order valence-electron chi connectivity index (χ3n) is 1.91. The quantitative estimate of drug-likeness (QED) is 0.784. The van der Waals surface area contributed by atoms with Gasteiger partial charge in [-0.1, -0.05) is 18.2 Å². The van der Waals surface area contributed by atoms with Crippen LogP contribution in [0.4, 0.5) is 13.2 Å². The van der Waals surface area contributed by atoms with Gasteiger partial charge in [-0.3, -0.25) is 0 Å². The van der Waals surface area contributed by atoms with Crippen LogP contribution < -0.4 is 5.73 Å². The Bertz CT molecular complexity index is 317. The average molecular weight is 205 g/mol. The lowest BCUT2D eigenvalue weighted by atomic mass is 10.0. The first-order valence-electron chi connectivity index (χ1n) is 3.97. The monoisotopic (exact) mass is 205 g/mol. The van der Waals surface area contributed by atoms with Crippen molar-refractivity contribution in [3.63, 3.8) is 0 Å². The normalized spacial score (nSPS) is 14.1. The van der Waals surface area contributed by atoms with Crippen molar-refractivity contribution in [3.05, 3.63) is 35.6 Å². The van der Waals surface area contributed by atoms with Gasteiger partial charge in [-0.05, 0) is 6.07 Å². The second-order valence-corrected chi connectivity index (χ2v) is 2.92. The highest BCUT2D eigenvalue weighted by molar-refractivity contribution is 5.22. The molecule has 0 amide bonds. The van der Waals surface area contributed by atoms with Crippen molar-refractivity contribution in [2.24, 2.45) is 5.73 Å². The standard InChI is InChI=1S/C9H10F3NO/c10-7-4-2-1-3-6(7)8(13)9(11,12)5-14/h1-4,8,14H,5,13H2. The first-order valence-corrected chi connectivity index (χ1v) is 3.97. The summed E-state index contributed by atoms with van der Waals surface area (Å²) in [6.45, 7) is -1.40. The summed E-state index contributed by atoms with van der Waals surface area (Å²) in [6, 6.07) is 3.18. The lowest BCUT2D eigenvalue weighted by Crippen LogP contribution is -2.36. The molecule has 1 rings (SSSR count). The Hall–Kier alpha value is -1.07. The van der Waals surface area contributed by atoms with E-state index in [1.807, 2.05) is 0 Å². The summed E-state index contributed by atoms with van der Waals surface area (Å²) < 4.78 is 38.8. The molecule has 0 aromatic heterocycles. The highest BCUT2D eigenvalue weighted by Gasteiger charge is 2.38. The largest absolute Gasteiger partial charge is 0.390 e. The Labute approximate surface area is 79.2 Å². The molecule has 0 bridgehead atoms. The lowest BCUT2D eigenvalue weighted by Gasteiger charge is -2.21. The molecule has 3 N–H and O–H groups in total. The van der Waals surface area contributed by atoms with E-state index in [4.69, 9.17) is 10.8 Å². The van der Waals surface area contributed by atoms with Crippen molar-refractivity contribution in [1.82, 2.24) is 0 Å². The smallest absolute Gasteiger partial charge is 0.289 e. The summed E-state index contributed by atoms with van der Waals surface area (Å²) in [5.41, 5.74) is 4.83. The Morgan fingerprint density at radius 3 is 2.43 bits per heavy atom. The zero-order chi connectivity index (χ0) is 10.8. The van der Waals surface area contributed by atoms with Gasteiger partial charge >= 0.3 is 0 Å². The molecule has 0 spiro atoms. The molecule has 0 radical (unpaired) electrons. The van der Waals surface area contributed by atoms with Gasteiger partial charge in [0.25, 0.3) is 5.92 Å². The fourth-order valence-electron chi connectivity index (χ4n) is 1.05. The van der Waals surface area contributed by atoms with Gasteiger partial charge in [0.1, 0.15) is 12.4 Å². The second-order valence-electron chi connectivity index (χ2n) is 2.92. The predicted molar refractivity (Wildman–Crippen MR) is 45.4 cm³/mol. The van der Waals surface area contributed by atoms with Crippen LogP contribution in [0.3, 0.4) is 0 Å². The first-order chi connectivity index (χ1) is 6.49. The van der Waals surface area contributed by atoms with E-state index in [-0.39, 0.29) is 5.56 Å². The molecule has 1 aromatic carbocycles. The van der Waals surface area contributed by atoms with Crippen molar-refractivity contribution in [2.75, 3.05) is 6.61 Å². The van der Waals surface area contributed by atoms with Crippen LogP contribution in [0.25, 0.3) is 0 Å². The molecular weight excluding hydrogens is 195 g/mol. The minimum Gasteiger partial charge on any atom is -0.390 e. The highest BCUT2D eigenvalue weighted by Crippen LogP contribution is 2.29. The molecule has 1 atom stereocenters.